The number of nitrogens with zero attached hydrogens (tertiary/aromatic N) is 3. The second kappa shape index (κ2) is 6.78. The minimum Gasteiger partial charge on any atom is -0.503 e. The molecule has 0 unspecified atom stereocenters. The Morgan fingerprint density at radius 2 is 1.96 bits per heavy atom. The number of aromatic hydroxyl groups is 2. The van der Waals surface area contributed by atoms with Crippen molar-refractivity contribution in [1.29, 1.82) is 0 Å². The van der Waals surface area contributed by atoms with Gasteiger partial charge in [0.1, 0.15) is 5.82 Å². The van der Waals surface area contributed by atoms with Crippen molar-refractivity contribution in [2.24, 2.45) is 0 Å². The van der Waals surface area contributed by atoms with Gasteiger partial charge in [0.2, 0.25) is 5.88 Å². The van der Waals surface area contributed by atoms with E-state index < -0.39 is 0 Å². The highest BCUT2D eigenvalue weighted by Crippen LogP contribution is 2.41. The van der Waals surface area contributed by atoms with E-state index in [4.69, 9.17) is 0 Å². The molecular weight excluding hydrogens is 309 g/mol. The predicted octanol–water partition coefficient (Wildman–Crippen LogP) is 3.55. The van der Waals surface area contributed by atoms with Gasteiger partial charge in [0.15, 0.2) is 5.75 Å². The summed E-state index contributed by atoms with van der Waals surface area (Å²) in [7, 11) is 0. The Hall–Kier alpha value is -2.76. The molecule has 0 aliphatic heterocycles. The van der Waals surface area contributed by atoms with E-state index in [1.54, 1.807) is 35.3 Å². The van der Waals surface area contributed by atoms with E-state index in [1.807, 2.05) is 17.7 Å². The highest BCUT2D eigenvalue weighted by atomic mass is 19.1. The van der Waals surface area contributed by atoms with Crippen LogP contribution in [-0.2, 0) is 19.5 Å². The van der Waals surface area contributed by atoms with E-state index in [1.165, 1.54) is 6.07 Å². The first-order valence-corrected chi connectivity index (χ1v) is 7.97. The molecule has 0 amide bonds. The van der Waals surface area contributed by atoms with Crippen molar-refractivity contribution in [3.8, 4) is 22.9 Å². The monoisotopic (exact) mass is 329 g/mol. The highest BCUT2D eigenvalue weighted by molar-refractivity contribution is 5.71. The van der Waals surface area contributed by atoms with Gasteiger partial charge in [0, 0.05) is 36.6 Å². The van der Waals surface area contributed by atoms with Gasteiger partial charge >= 0.3 is 0 Å². The summed E-state index contributed by atoms with van der Waals surface area (Å²) in [5, 5.41) is 20.5. The average Bonchev–Trinajstić information content (AvgIpc) is 3.17. The smallest absolute Gasteiger partial charge is 0.235 e. The Balaban J connectivity index is 1.97. The number of benzene rings is 1. The van der Waals surface area contributed by atoms with Gasteiger partial charge in [-0.15, -0.1) is 0 Å². The number of imidazole rings is 1. The fraction of sp³-hybridized carbons (Fsp3) is 0.278. The molecule has 24 heavy (non-hydrogen) atoms. The first-order chi connectivity index (χ1) is 11.6. The lowest BCUT2D eigenvalue weighted by Crippen LogP contribution is -2.05. The average molecular weight is 329 g/mol. The van der Waals surface area contributed by atoms with E-state index in [-0.39, 0.29) is 17.4 Å². The third-order valence-corrected chi connectivity index (χ3v) is 4.15. The summed E-state index contributed by atoms with van der Waals surface area (Å²) in [6.07, 6.45) is 6.50. The molecule has 0 saturated carbocycles. The van der Waals surface area contributed by atoms with Gasteiger partial charge in [-0.3, -0.25) is 0 Å². The molecule has 2 aromatic heterocycles. The van der Waals surface area contributed by atoms with Crippen molar-refractivity contribution in [2.75, 3.05) is 0 Å². The number of halogens is 1. The molecule has 0 atom stereocenters. The topological polar surface area (TPSA) is 63.2 Å². The van der Waals surface area contributed by atoms with Gasteiger partial charge in [-0.1, -0.05) is 19.1 Å². The maximum atomic E-state index is 14.3. The van der Waals surface area contributed by atoms with Crippen LogP contribution in [0.4, 0.5) is 4.39 Å². The minimum atomic E-state index is -0.374. The second-order valence-corrected chi connectivity index (χ2v) is 5.64. The Bertz CT molecular complexity index is 825. The number of hydrogen-bond donors (Lipinski definition) is 2. The summed E-state index contributed by atoms with van der Waals surface area (Å²) in [6.45, 7) is 3.05. The van der Waals surface area contributed by atoms with Crippen LogP contribution in [0.3, 0.4) is 0 Å². The molecule has 0 spiro atoms. The quantitative estimate of drug-likeness (QED) is 0.727. The van der Waals surface area contributed by atoms with Crippen molar-refractivity contribution in [1.82, 2.24) is 14.1 Å². The molecule has 3 aromatic rings. The van der Waals surface area contributed by atoms with Crippen molar-refractivity contribution in [3.63, 3.8) is 0 Å². The molecule has 0 radical (unpaired) electrons. The summed E-state index contributed by atoms with van der Waals surface area (Å²) in [6, 6.07) is 6.41. The van der Waals surface area contributed by atoms with Crippen LogP contribution in [0.25, 0.3) is 11.3 Å². The van der Waals surface area contributed by atoms with Crippen LogP contribution in [0.15, 0.2) is 43.0 Å². The molecule has 0 fully saturated rings. The van der Waals surface area contributed by atoms with Crippen LogP contribution in [0.1, 0.15) is 18.9 Å². The van der Waals surface area contributed by atoms with E-state index in [9.17, 15) is 14.6 Å². The zero-order valence-electron chi connectivity index (χ0n) is 13.5. The minimum absolute atomic E-state index is 0.168. The lowest BCUT2D eigenvalue weighted by molar-refractivity contribution is 0.367. The molecular formula is C18H20FN3O2. The first kappa shape index (κ1) is 16.1. The van der Waals surface area contributed by atoms with E-state index in [2.05, 4.69) is 4.98 Å². The van der Waals surface area contributed by atoms with Crippen LogP contribution < -0.4 is 0 Å². The molecule has 6 heteroatoms. The summed E-state index contributed by atoms with van der Waals surface area (Å²) in [5.41, 5.74) is 1.48. The Kier molecular flexibility index (Phi) is 4.55. The molecule has 2 heterocycles. The van der Waals surface area contributed by atoms with E-state index >= 15 is 0 Å². The third-order valence-electron chi connectivity index (χ3n) is 4.15. The van der Waals surface area contributed by atoms with Crippen LogP contribution in [-0.4, -0.2) is 24.3 Å². The highest BCUT2D eigenvalue weighted by Gasteiger charge is 2.23. The molecule has 5 nitrogen and oxygen atoms in total. The zero-order valence-corrected chi connectivity index (χ0v) is 13.5. The zero-order chi connectivity index (χ0) is 17.1. The summed E-state index contributed by atoms with van der Waals surface area (Å²) < 4.78 is 17.8. The Labute approximate surface area is 139 Å². The van der Waals surface area contributed by atoms with Crippen LogP contribution in [0.2, 0.25) is 0 Å². The molecule has 0 aliphatic carbocycles. The summed E-state index contributed by atoms with van der Waals surface area (Å²) >= 11 is 0. The number of rotatable bonds is 6. The van der Waals surface area contributed by atoms with E-state index in [0.717, 1.165) is 6.54 Å². The van der Waals surface area contributed by atoms with Gasteiger partial charge in [-0.05, 0) is 25.0 Å². The van der Waals surface area contributed by atoms with Crippen molar-refractivity contribution in [2.45, 2.75) is 32.9 Å². The standard InChI is InChI=1S/C18H20FN3O2/c1-2-13-16(14-6-3-4-7-15(14)19)22(18(24)17(13)23)10-5-9-21-11-8-20-12-21/h3-4,6-8,11-12,23-24H,2,5,9-10H2,1H3. The molecule has 126 valence electrons. The molecule has 0 aliphatic rings. The fourth-order valence-corrected chi connectivity index (χ4v) is 2.99. The molecule has 0 saturated heterocycles. The fourth-order valence-electron chi connectivity index (χ4n) is 2.99. The number of aryl methyl sites for hydroxylation is 1. The maximum Gasteiger partial charge on any atom is 0.235 e. The first-order valence-electron chi connectivity index (χ1n) is 7.97. The molecule has 3 rings (SSSR count). The van der Waals surface area contributed by atoms with Crippen LogP contribution in [0, 0.1) is 5.82 Å². The SMILES string of the molecule is CCc1c(O)c(O)n(CCCn2ccnc2)c1-c1ccccc1F. The van der Waals surface area contributed by atoms with Crippen molar-refractivity contribution in [3.05, 3.63) is 54.4 Å². The van der Waals surface area contributed by atoms with Crippen LogP contribution >= 0.6 is 0 Å². The largest absolute Gasteiger partial charge is 0.503 e. The molecule has 0 bridgehead atoms. The normalized spacial score (nSPS) is 11.1. The van der Waals surface area contributed by atoms with Gasteiger partial charge in [0.25, 0.3) is 0 Å². The van der Waals surface area contributed by atoms with Crippen molar-refractivity contribution >= 4 is 0 Å². The summed E-state index contributed by atoms with van der Waals surface area (Å²) in [5.74, 6) is -0.755. The van der Waals surface area contributed by atoms with E-state index in [0.29, 0.717) is 36.2 Å². The lowest BCUT2D eigenvalue weighted by Gasteiger charge is -2.12. The van der Waals surface area contributed by atoms with Gasteiger partial charge in [-0.25, -0.2) is 9.37 Å². The predicted molar refractivity (Wildman–Crippen MR) is 89.4 cm³/mol. The molecule has 2 N–H and O–H groups in total. The Morgan fingerprint density at radius 3 is 2.62 bits per heavy atom. The number of aromatic nitrogens is 3. The maximum absolute atomic E-state index is 14.3. The van der Waals surface area contributed by atoms with Crippen molar-refractivity contribution < 1.29 is 14.6 Å². The Morgan fingerprint density at radius 1 is 1.17 bits per heavy atom. The lowest BCUT2D eigenvalue weighted by atomic mass is 10.0. The number of hydrogen-bond acceptors (Lipinski definition) is 3. The third kappa shape index (κ3) is 2.87. The summed E-state index contributed by atoms with van der Waals surface area (Å²) in [4.78, 5) is 3.99. The molecule has 1 aromatic carbocycles. The van der Waals surface area contributed by atoms with Gasteiger partial charge < -0.3 is 19.3 Å². The van der Waals surface area contributed by atoms with Gasteiger partial charge in [-0.2, -0.15) is 0 Å². The van der Waals surface area contributed by atoms with Gasteiger partial charge in [0.05, 0.1) is 12.0 Å². The van der Waals surface area contributed by atoms with Crippen LogP contribution in [0.5, 0.6) is 11.6 Å². The second-order valence-electron chi connectivity index (χ2n) is 5.64.